The van der Waals surface area contributed by atoms with Crippen molar-refractivity contribution in [2.45, 2.75) is 185 Å². The fourth-order valence-electron chi connectivity index (χ4n) is 7.19. The molecule has 0 aromatic carbocycles. The summed E-state index contributed by atoms with van der Waals surface area (Å²) in [6, 6.07) is 0. The zero-order valence-electron chi connectivity index (χ0n) is 38.8. The molecule has 3 heterocycles. The summed E-state index contributed by atoms with van der Waals surface area (Å²) in [4.78, 5) is 59.7. The van der Waals surface area contributed by atoms with Crippen molar-refractivity contribution in [1.82, 2.24) is 10.2 Å². The molecule has 0 bridgehead atoms. The van der Waals surface area contributed by atoms with Crippen molar-refractivity contribution in [1.29, 1.82) is 0 Å². The molecule has 6 unspecified atom stereocenters. The topological polar surface area (TPSA) is 276 Å². The van der Waals surface area contributed by atoms with E-state index >= 15 is 0 Å². The van der Waals surface area contributed by atoms with Crippen molar-refractivity contribution in [3.8, 4) is 0 Å². The van der Waals surface area contributed by atoms with Crippen LogP contribution < -0.4 is 5.32 Å². The molecule has 0 aliphatic carbocycles. The number of aliphatic hydroxyl groups excluding tert-OH is 3. The van der Waals surface area contributed by atoms with E-state index in [1.807, 2.05) is 41.5 Å². The fourth-order valence-corrected chi connectivity index (χ4v) is 10.2. The van der Waals surface area contributed by atoms with E-state index < -0.39 is 86.8 Å². The van der Waals surface area contributed by atoms with E-state index in [1.165, 1.54) is 16.7 Å². The second kappa shape index (κ2) is 26.6. The number of phosphoric ester groups is 2. The average Bonchev–Trinajstić information content (AvgIpc) is 3.73. The molecule has 3 saturated heterocycles. The maximum atomic E-state index is 12.9. The van der Waals surface area contributed by atoms with Crippen LogP contribution in [0.4, 0.5) is 0 Å². The molecule has 12 atom stereocenters. The Morgan fingerprint density at radius 3 is 2.12 bits per heavy atom. The largest absolute Gasteiger partial charge is 0.472 e. The molecule has 64 heavy (non-hydrogen) atoms. The van der Waals surface area contributed by atoms with Crippen LogP contribution in [-0.4, -0.2) is 165 Å². The Labute approximate surface area is 382 Å². The lowest BCUT2D eigenvalue weighted by Gasteiger charge is -2.29. The van der Waals surface area contributed by atoms with Gasteiger partial charge in [0.25, 0.3) is 0 Å². The third-order valence-electron chi connectivity index (χ3n) is 10.7. The van der Waals surface area contributed by atoms with E-state index in [9.17, 15) is 48.6 Å². The molecule has 23 heteroatoms. The van der Waals surface area contributed by atoms with Gasteiger partial charge in [0.1, 0.15) is 36.6 Å². The fraction of sp³-hybridized carbons (Fsp3) is 0.927. The standard InChI is InChI=1S/C41H76N2O18P2S/c1-27-35(47)37(60-41(6,7)8)31(59-27)26-57-62(50,51)55-20-13-9-10-14-21-64-32-22-34(46)43(39(32)49)19-15-17-33(45)42-18-12-11-16-29(23-44)24-56-63(52,53)61-38-30(25-54-40(3,4)5)58-28(2)36(38)48/h27-32,35-38,44,47-48H,9-26H2,1-8H3,(H,42,45)(H,50,51)(H,52,53)/t27-,28-,29?,30+,31+,32?,35+,36+,37?,38?/m0/s1. The molecule has 0 aromatic rings. The highest BCUT2D eigenvalue weighted by molar-refractivity contribution is 8.00. The Bertz CT molecular complexity index is 1550. The quantitative estimate of drug-likeness (QED) is 0.0337. The van der Waals surface area contributed by atoms with Gasteiger partial charge in [0.2, 0.25) is 17.7 Å². The van der Waals surface area contributed by atoms with Crippen molar-refractivity contribution < 1.29 is 85.7 Å². The Hall–Kier alpha value is -1.10. The smallest absolute Gasteiger partial charge is 0.396 e. The van der Waals surface area contributed by atoms with Gasteiger partial charge in [0.15, 0.2) is 0 Å². The third kappa shape index (κ3) is 20.6. The molecule has 0 saturated carbocycles. The van der Waals surface area contributed by atoms with E-state index in [2.05, 4.69) is 5.32 Å². The van der Waals surface area contributed by atoms with E-state index in [0.717, 1.165) is 12.8 Å². The van der Waals surface area contributed by atoms with E-state index in [-0.39, 0.29) is 70.1 Å². The Morgan fingerprint density at radius 2 is 1.48 bits per heavy atom. The second-order valence-electron chi connectivity index (χ2n) is 18.6. The molecule has 6 N–H and O–H groups in total. The lowest BCUT2D eigenvalue weighted by atomic mass is 10.0. The van der Waals surface area contributed by atoms with Crippen LogP contribution in [0.25, 0.3) is 0 Å². The van der Waals surface area contributed by atoms with Crippen molar-refractivity contribution in [2.24, 2.45) is 5.92 Å². The van der Waals surface area contributed by atoms with Crippen LogP contribution in [0.2, 0.25) is 0 Å². The molecule has 0 radical (unpaired) electrons. The van der Waals surface area contributed by atoms with Crippen molar-refractivity contribution >= 4 is 45.1 Å². The third-order valence-corrected chi connectivity index (χ3v) is 13.9. The number of rotatable bonds is 30. The van der Waals surface area contributed by atoms with Crippen LogP contribution in [0.15, 0.2) is 0 Å². The van der Waals surface area contributed by atoms with Crippen LogP contribution in [-0.2, 0) is 60.6 Å². The maximum Gasteiger partial charge on any atom is 0.472 e. The summed E-state index contributed by atoms with van der Waals surface area (Å²) in [5.41, 5.74) is -1.07. The van der Waals surface area contributed by atoms with Gasteiger partial charge in [-0.3, -0.25) is 37.4 Å². The van der Waals surface area contributed by atoms with Gasteiger partial charge in [-0.15, -0.1) is 11.8 Å². The number of aliphatic hydroxyl groups is 3. The highest BCUT2D eigenvalue weighted by Gasteiger charge is 2.47. The molecule has 0 aromatic heterocycles. The van der Waals surface area contributed by atoms with Gasteiger partial charge >= 0.3 is 15.6 Å². The molecule has 3 rings (SSSR count). The van der Waals surface area contributed by atoms with Gasteiger partial charge in [-0.2, -0.15) is 0 Å². The number of nitrogens with zero attached hydrogens (tertiary/aromatic N) is 1. The van der Waals surface area contributed by atoms with Crippen LogP contribution in [0.1, 0.15) is 120 Å². The molecular formula is C41H76N2O18P2S. The number of hydrogen-bond acceptors (Lipinski definition) is 17. The minimum absolute atomic E-state index is 0.00656. The first-order valence-electron chi connectivity index (χ1n) is 22.4. The van der Waals surface area contributed by atoms with Gasteiger partial charge in [-0.1, -0.05) is 19.3 Å². The Morgan fingerprint density at radius 1 is 0.844 bits per heavy atom. The van der Waals surface area contributed by atoms with Gasteiger partial charge < -0.3 is 49.4 Å². The number of phosphoric acid groups is 2. The minimum atomic E-state index is -4.63. The van der Waals surface area contributed by atoms with Gasteiger partial charge in [-0.25, -0.2) is 9.13 Å². The predicted molar refractivity (Wildman–Crippen MR) is 236 cm³/mol. The molecule has 3 fully saturated rings. The maximum absolute atomic E-state index is 12.9. The van der Waals surface area contributed by atoms with Gasteiger partial charge in [-0.05, 0) is 93.2 Å². The number of nitrogens with one attached hydrogen (secondary N) is 1. The number of unbranched alkanes of at least 4 members (excludes halogenated alkanes) is 4. The van der Waals surface area contributed by atoms with Crippen molar-refractivity contribution in [3.63, 3.8) is 0 Å². The predicted octanol–water partition coefficient (Wildman–Crippen LogP) is 4.01. The molecule has 3 aliphatic rings. The summed E-state index contributed by atoms with van der Waals surface area (Å²) in [6.45, 7) is 14.1. The first kappa shape index (κ1) is 57.2. The number of carbonyl (C=O) groups excluding carboxylic acids is 3. The molecule has 3 aliphatic heterocycles. The number of imide groups is 1. The highest BCUT2D eigenvalue weighted by atomic mass is 32.2. The lowest BCUT2D eigenvalue weighted by Crippen LogP contribution is -2.41. The first-order valence-corrected chi connectivity index (χ1v) is 26.4. The number of thioether (sulfide) groups is 1. The first-order chi connectivity index (χ1) is 29.8. The Balaban J connectivity index is 1.21. The minimum Gasteiger partial charge on any atom is -0.396 e. The van der Waals surface area contributed by atoms with E-state index in [0.29, 0.717) is 50.8 Å². The van der Waals surface area contributed by atoms with Crippen LogP contribution >= 0.6 is 27.4 Å². The number of amides is 3. The number of hydrogen-bond donors (Lipinski definition) is 6. The summed E-state index contributed by atoms with van der Waals surface area (Å²) >= 11 is 1.42. The number of likely N-dealkylation sites (tertiary alicyclic amines) is 1. The SMILES string of the molecule is C[C@@H]1O[C@H](COP(=O)(O)OCCCCCCSC2CC(=O)N(CCCC(=O)NCCCCC(CO)COP(=O)(O)OC3[C@@H](COC(C)(C)C)O[C@@H](C)[C@H]3O)C2=O)C(OC(C)(C)C)[C@@H]1O. The van der Waals surface area contributed by atoms with Gasteiger partial charge in [0, 0.05) is 38.5 Å². The summed E-state index contributed by atoms with van der Waals surface area (Å²) in [5.74, 6) is -0.565. The second-order valence-corrected chi connectivity index (χ2v) is 22.8. The van der Waals surface area contributed by atoms with E-state index in [1.54, 1.807) is 13.8 Å². The zero-order chi connectivity index (χ0) is 47.9. The molecule has 374 valence electrons. The molecule has 3 amide bonds. The number of ether oxygens (including phenoxy) is 4. The summed E-state index contributed by atoms with van der Waals surface area (Å²) in [5, 5.41) is 33.0. The van der Waals surface area contributed by atoms with Crippen LogP contribution in [0.5, 0.6) is 0 Å². The van der Waals surface area contributed by atoms with Crippen LogP contribution in [0, 0.1) is 5.92 Å². The lowest BCUT2D eigenvalue weighted by molar-refractivity contribution is -0.138. The van der Waals surface area contributed by atoms with Crippen LogP contribution in [0.3, 0.4) is 0 Å². The summed E-state index contributed by atoms with van der Waals surface area (Å²) in [7, 11) is -8.98. The van der Waals surface area contributed by atoms with Crippen molar-refractivity contribution in [2.75, 3.05) is 51.9 Å². The monoisotopic (exact) mass is 978 g/mol. The zero-order valence-corrected chi connectivity index (χ0v) is 41.4. The summed E-state index contributed by atoms with van der Waals surface area (Å²) < 4.78 is 68.9. The molecular weight excluding hydrogens is 902 g/mol. The average molecular weight is 979 g/mol. The highest BCUT2D eigenvalue weighted by Crippen LogP contribution is 2.48. The Kier molecular flexibility index (Phi) is 23.8. The molecule has 0 spiro atoms. The summed E-state index contributed by atoms with van der Waals surface area (Å²) in [6.07, 6.45) is -1.71. The number of carbonyl (C=O) groups is 3. The van der Waals surface area contributed by atoms with E-state index in [4.69, 9.17) is 37.0 Å². The van der Waals surface area contributed by atoms with Crippen molar-refractivity contribution in [3.05, 3.63) is 0 Å². The molecule has 20 nitrogen and oxygen atoms in total. The normalized spacial score (nSPS) is 29.0. The van der Waals surface area contributed by atoms with Gasteiger partial charge in [0.05, 0.1) is 55.1 Å².